The molecule has 7 heteroatoms. The lowest BCUT2D eigenvalue weighted by atomic mass is 10.3. The number of aryl methyl sites for hydroxylation is 2. The summed E-state index contributed by atoms with van der Waals surface area (Å²) in [6.07, 6.45) is 0.955. The molecule has 1 heterocycles. The van der Waals surface area contributed by atoms with Crippen LogP contribution in [0.4, 0.5) is 5.69 Å². The van der Waals surface area contributed by atoms with E-state index in [1.807, 2.05) is 35.9 Å². The molecule has 2 aromatic rings. The molecule has 0 spiro atoms. The van der Waals surface area contributed by atoms with Crippen LogP contribution in [0.1, 0.15) is 17.8 Å². The molecule has 0 amide bonds. The molecule has 2 N–H and O–H groups in total. The number of hydrogen-bond acceptors (Lipinski definition) is 2. The largest absolute Gasteiger partial charge is 0.362 e. The zero-order valence-electron chi connectivity index (χ0n) is 12.5. The quantitative estimate of drug-likeness (QED) is 0.528. The summed E-state index contributed by atoms with van der Waals surface area (Å²) in [6.45, 7) is 5.74. The fraction of sp³-hybridized carbons (Fsp3) is 0.333. The Labute approximate surface area is 152 Å². The van der Waals surface area contributed by atoms with Crippen molar-refractivity contribution < 1.29 is 0 Å². The highest BCUT2D eigenvalue weighted by molar-refractivity contribution is 9.10. The van der Waals surface area contributed by atoms with E-state index in [0.29, 0.717) is 5.11 Å². The Morgan fingerprint density at radius 1 is 1.23 bits per heavy atom. The molecule has 0 saturated carbocycles. The minimum Gasteiger partial charge on any atom is -0.362 e. The van der Waals surface area contributed by atoms with Crippen molar-refractivity contribution in [3.05, 3.63) is 44.6 Å². The van der Waals surface area contributed by atoms with E-state index in [2.05, 4.69) is 54.5 Å². The van der Waals surface area contributed by atoms with Gasteiger partial charge in [0.15, 0.2) is 5.11 Å². The van der Waals surface area contributed by atoms with Crippen molar-refractivity contribution in [3.63, 3.8) is 0 Å². The van der Waals surface area contributed by atoms with E-state index in [4.69, 9.17) is 12.2 Å². The second-order valence-corrected chi connectivity index (χ2v) is 7.07. The van der Waals surface area contributed by atoms with Gasteiger partial charge in [0, 0.05) is 28.9 Å². The third kappa shape index (κ3) is 4.79. The minimum atomic E-state index is 0.636. The second-order valence-electron chi connectivity index (χ2n) is 4.95. The molecular weight excluding hydrogens is 428 g/mol. The van der Waals surface area contributed by atoms with Gasteiger partial charge in [-0.2, -0.15) is 5.10 Å². The zero-order chi connectivity index (χ0) is 16.1. The molecule has 4 nitrogen and oxygen atoms in total. The maximum Gasteiger partial charge on any atom is 0.170 e. The first-order chi connectivity index (χ1) is 10.5. The number of anilines is 1. The van der Waals surface area contributed by atoms with E-state index >= 15 is 0 Å². The lowest BCUT2D eigenvalue weighted by Crippen LogP contribution is -2.29. The highest BCUT2D eigenvalue weighted by Gasteiger charge is 2.07. The molecule has 0 bridgehead atoms. The van der Waals surface area contributed by atoms with E-state index < -0.39 is 0 Å². The molecule has 1 aromatic heterocycles. The van der Waals surface area contributed by atoms with Gasteiger partial charge in [0.2, 0.25) is 0 Å². The van der Waals surface area contributed by atoms with Crippen LogP contribution in [0.25, 0.3) is 0 Å². The summed E-state index contributed by atoms with van der Waals surface area (Å²) in [5, 5.41) is 11.5. The van der Waals surface area contributed by atoms with Crippen molar-refractivity contribution in [3.8, 4) is 0 Å². The molecule has 118 valence electrons. The average Bonchev–Trinajstić information content (AvgIpc) is 2.73. The molecule has 0 radical (unpaired) electrons. The molecular formula is C15H18Br2N4S. The smallest absolute Gasteiger partial charge is 0.170 e. The van der Waals surface area contributed by atoms with Gasteiger partial charge in [-0.25, -0.2) is 0 Å². The summed E-state index contributed by atoms with van der Waals surface area (Å²) in [5.41, 5.74) is 3.16. The van der Waals surface area contributed by atoms with Crippen molar-refractivity contribution in [1.29, 1.82) is 0 Å². The SMILES string of the molecule is Cc1nn(CCCNC(=S)Nc2ccc(Br)cc2)c(C)c1Br. The molecule has 22 heavy (non-hydrogen) atoms. The van der Waals surface area contributed by atoms with E-state index in [1.165, 1.54) is 0 Å². The van der Waals surface area contributed by atoms with Gasteiger partial charge in [0.25, 0.3) is 0 Å². The molecule has 0 unspecified atom stereocenters. The molecule has 1 aromatic carbocycles. The van der Waals surface area contributed by atoms with Crippen LogP contribution in [0.15, 0.2) is 33.2 Å². The molecule has 0 saturated heterocycles. The maximum atomic E-state index is 5.29. The van der Waals surface area contributed by atoms with E-state index in [1.54, 1.807) is 0 Å². The van der Waals surface area contributed by atoms with Crippen LogP contribution in [-0.4, -0.2) is 21.4 Å². The van der Waals surface area contributed by atoms with Gasteiger partial charge in [-0.05, 0) is 72.7 Å². The number of benzene rings is 1. The number of hydrogen-bond donors (Lipinski definition) is 2. The summed E-state index contributed by atoms with van der Waals surface area (Å²) in [7, 11) is 0. The normalized spacial score (nSPS) is 10.5. The van der Waals surface area contributed by atoms with Crippen LogP contribution in [0.3, 0.4) is 0 Å². The van der Waals surface area contributed by atoms with Crippen LogP contribution in [0, 0.1) is 13.8 Å². The van der Waals surface area contributed by atoms with Gasteiger partial charge in [-0.3, -0.25) is 4.68 Å². The molecule has 2 rings (SSSR count). The number of nitrogens with one attached hydrogen (secondary N) is 2. The highest BCUT2D eigenvalue weighted by atomic mass is 79.9. The molecule has 0 aliphatic heterocycles. The van der Waals surface area contributed by atoms with Crippen molar-refractivity contribution in [2.45, 2.75) is 26.8 Å². The Kier molecular flexibility index (Phi) is 6.40. The van der Waals surface area contributed by atoms with Crippen molar-refractivity contribution in [2.75, 3.05) is 11.9 Å². The Hall–Kier alpha value is -0.920. The van der Waals surface area contributed by atoms with E-state index in [9.17, 15) is 0 Å². The molecule has 0 aliphatic rings. The summed E-state index contributed by atoms with van der Waals surface area (Å²) < 4.78 is 4.16. The fourth-order valence-corrected chi connectivity index (χ4v) is 2.80. The monoisotopic (exact) mass is 444 g/mol. The fourth-order valence-electron chi connectivity index (χ4n) is 2.03. The first-order valence-electron chi connectivity index (χ1n) is 6.97. The van der Waals surface area contributed by atoms with Crippen LogP contribution in [-0.2, 0) is 6.54 Å². The van der Waals surface area contributed by atoms with Gasteiger partial charge in [0.05, 0.1) is 10.2 Å². The van der Waals surface area contributed by atoms with Crippen LogP contribution < -0.4 is 10.6 Å². The average molecular weight is 446 g/mol. The number of aromatic nitrogens is 2. The zero-order valence-corrected chi connectivity index (χ0v) is 16.5. The molecule has 0 atom stereocenters. The predicted molar refractivity (Wildman–Crippen MR) is 102 cm³/mol. The van der Waals surface area contributed by atoms with Gasteiger partial charge < -0.3 is 10.6 Å². The van der Waals surface area contributed by atoms with E-state index in [0.717, 1.165) is 45.5 Å². The predicted octanol–water partition coefficient (Wildman–Crippen LogP) is 4.40. The standard InChI is InChI=1S/C15H18Br2N4S/c1-10-14(17)11(2)21(20-10)9-3-8-18-15(22)19-13-6-4-12(16)5-7-13/h4-7H,3,8-9H2,1-2H3,(H2,18,19,22). The number of nitrogens with zero attached hydrogens (tertiary/aromatic N) is 2. The topological polar surface area (TPSA) is 41.9 Å². The summed E-state index contributed by atoms with van der Waals surface area (Å²) in [5.74, 6) is 0. The minimum absolute atomic E-state index is 0.636. The third-order valence-electron chi connectivity index (χ3n) is 3.23. The van der Waals surface area contributed by atoms with Gasteiger partial charge >= 0.3 is 0 Å². The van der Waals surface area contributed by atoms with Crippen molar-refractivity contribution >= 4 is 54.9 Å². The number of thiocarbonyl (C=S) groups is 1. The maximum absolute atomic E-state index is 5.29. The van der Waals surface area contributed by atoms with Crippen molar-refractivity contribution in [1.82, 2.24) is 15.1 Å². The third-order valence-corrected chi connectivity index (χ3v) is 5.15. The highest BCUT2D eigenvalue weighted by Crippen LogP contribution is 2.19. The summed E-state index contributed by atoms with van der Waals surface area (Å²) >= 11 is 12.2. The van der Waals surface area contributed by atoms with Crippen molar-refractivity contribution in [2.24, 2.45) is 0 Å². The lowest BCUT2D eigenvalue weighted by Gasteiger charge is -2.11. The van der Waals surface area contributed by atoms with Crippen LogP contribution in [0.2, 0.25) is 0 Å². The van der Waals surface area contributed by atoms with Crippen LogP contribution >= 0.6 is 44.1 Å². The number of halogens is 2. The first-order valence-corrected chi connectivity index (χ1v) is 8.96. The second kappa shape index (κ2) is 8.08. The van der Waals surface area contributed by atoms with Gasteiger partial charge in [-0.1, -0.05) is 15.9 Å². The van der Waals surface area contributed by atoms with E-state index in [-0.39, 0.29) is 0 Å². The number of rotatable bonds is 5. The van der Waals surface area contributed by atoms with Crippen LogP contribution in [0.5, 0.6) is 0 Å². The lowest BCUT2D eigenvalue weighted by molar-refractivity contribution is 0.558. The van der Waals surface area contributed by atoms with Gasteiger partial charge in [0.1, 0.15) is 0 Å². The summed E-state index contributed by atoms with van der Waals surface area (Å²) in [4.78, 5) is 0. The first kappa shape index (κ1) is 17.4. The Morgan fingerprint density at radius 2 is 1.91 bits per heavy atom. The molecule has 0 fully saturated rings. The Balaban J connectivity index is 1.73. The Bertz CT molecular complexity index is 652. The van der Waals surface area contributed by atoms with Gasteiger partial charge in [-0.15, -0.1) is 0 Å². The Morgan fingerprint density at radius 3 is 2.50 bits per heavy atom. The summed E-state index contributed by atoms with van der Waals surface area (Å²) in [6, 6.07) is 7.91. The molecule has 0 aliphatic carbocycles.